The highest BCUT2D eigenvalue weighted by Gasteiger charge is 2.38. The van der Waals surface area contributed by atoms with Gasteiger partial charge < -0.3 is 0 Å². The maximum absolute atomic E-state index is 14.6. The SMILES string of the molecule is O=C(C(c1ccc(Br)cc1)C(Br)c1ccccc1)C(c1ccc(Br)cc1)C(Br)c1ccccc1. The van der Waals surface area contributed by atoms with Crippen LogP contribution in [0.4, 0.5) is 0 Å². The quantitative estimate of drug-likeness (QED) is 0.167. The number of ketones is 1. The summed E-state index contributed by atoms with van der Waals surface area (Å²) in [7, 11) is 0. The molecule has 4 unspecified atom stereocenters. The van der Waals surface area contributed by atoms with Crippen molar-refractivity contribution in [1.29, 1.82) is 0 Å². The Balaban J connectivity index is 1.83. The molecule has 0 aromatic heterocycles. The highest BCUT2D eigenvalue weighted by atomic mass is 79.9. The zero-order valence-electron chi connectivity index (χ0n) is 18.1. The van der Waals surface area contributed by atoms with E-state index in [0.29, 0.717) is 0 Å². The van der Waals surface area contributed by atoms with Gasteiger partial charge in [-0.3, -0.25) is 4.79 Å². The number of alkyl halides is 2. The number of rotatable bonds is 8. The van der Waals surface area contributed by atoms with Crippen molar-refractivity contribution in [3.05, 3.63) is 140 Å². The minimum Gasteiger partial charge on any atom is -0.298 e. The van der Waals surface area contributed by atoms with Crippen molar-refractivity contribution >= 4 is 69.5 Å². The first-order valence-electron chi connectivity index (χ1n) is 10.9. The van der Waals surface area contributed by atoms with Crippen LogP contribution in [0.2, 0.25) is 0 Å². The van der Waals surface area contributed by atoms with E-state index in [1.54, 1.807) is 0 Å². The molecule has 0 saturated carbocycles. The van der Waals surface area contributed by atoms with E-state index in [9.17, 15) is 4.79 Å². The van der Waals surface area contributed by atoms with Crippen molar-refractivity contribution < 1.29 is 4.79 Å². The van der Waals surface area contributed by atoms with Gasteiger partial charge in [-0.05, 0) is 46.5 Å². The maximum atomic E-state index is 14.6. The fraction of sp³-hybridized carbons (Fsp3) is 0.138. The Morgan fingerprint density at radius 2 is 0.794 bits per heavy atom. The molecule has 0 fully saturated rings. The second-order valence-electron chi connectivity index (χ2n) is 8.09. The van der Waals surface area contributed by atoms with Crippen molar-refractivity contribution in [3.8, 4) is 0 Å². The molecule has 5 heteroatoms. The van der Waals surface area contributed by atoms with Crippen LogP contribution in [-0.2, 0) is 4.79 Å². The van der Waals surface area contributed by atoms with Gasteiger partial charge in [0.2, 0.25) is 0 Å². The fourth-order valence-electron chi connectivity index (χ4n) is 4.15. The molecule has 0 aliphatic heterocycles. The molecular formula is C29H22Br4O. The first-order valence-corrected chi connectivity index (χ1v) is 14.3. The number of halogens is 4. The summed E-state index contributed by atoms with van der Waals surface area (Å²) in [6.07, 6.45) is 0. The first kappa shape index (κ1) is 25.6. The summed E-state index contributed by atoms with van der Waals surface area (Å²) in [5.74, 6) is -0.609. The molecule has 4 rings (SSSR count). The molecule has 0 N–H and O–H groups in total. The van der Waals surface area contributed by atoms with Crippen molar-refractivity contribution in [1.82, 2.24) is 0 Å². The topological polar surface area (TPSA) is 17.1 Å². The summed E-state index contributed by atoms with van der Waals surface area (Å²) < 4.78 is 1.97. The summed E-state index contributed by atoms with van der Waals surface area (Å²) in [6.45, 7) is 0. The molecule has 0 saturated heterocycles. The van der Waals surface area contributed by atoms with E-state index in [2.05, 4.69) is 88.0 Å². The zero-order valence-corrected chi connectivity index (χ0v) is 24.5. The van der Waals surface area contributed by atoms with Crippen molar-refractivity contribution in [2.24, 2.45) is 0 Å². The average molecular weight is 706 g/mol. The van der Waals surface area contributed by atoms with Gasteiger partial charge in [-0.1, -0.05) is 149 Å². The summed E-state index contributed by atoms with van der Waals surface area (Å²) >= 11 is 14.9. The maximum Gasteiger partial charge on any atom is 0.150 e. The standard InChI is InChI=1S/C29H22Br4O/c30-23-15-11-19(12-16-23)25(27(32)21-7-3-1-4-8-21)29(34)26(20-13-17-24(31)18-14-20)28(33)22-9-5-2-6-10-22/h1-18,25-28H. The van der Waals surface area contributed by atoms with Gasteiger partial charge in [0.25, 0.3) is 0 Å². The molecule has 0 aliphatic rings. The van der Waals surface area contributed by atoms with Gasteiger partial charge in [-0.25, -0.2) is 0 Å². The minimum atomic E-state index is -0.382. The number of hydrogen-bond acceptors (Lipinski definition) is 1. The third-order valence-corrected chi connectivity index (χ3v) is 9.06. The summed E-state index contributed by atoms with van der Waals surface area (Å²) in [6, 6.07) is 36.4. The van der Waals surface area contributed by atoms with Crippen LogP contribution >= 0.6 is 63.7 Å². The second-order valence-corrected chi connectivity index (χ2v) is 11.9. The van der Waals surface area contributed by atoms with E-state index in [-0.39, 0.29) is 27.3 Å². The van der Waals surface area contributed by atoms with Gasteiger partial charge in [-0.2, -0.15) is 0 Å². The van der Waals surface area contributed by atoms with Crippen molar-refractivity contribution in [2.45, 2.75) is 21.5 Å². The van der Waals surface area contributed by atoms with Crippen LogP contribution < -0.4 is 0 Å². The molecule has 0 heterocycles. The lowest BCUT2D eigenvalue weighted by Gasteiger charge is -2.30. The second kappa shape index (κ2) is 11.9. The Kier molecular flexibility index (Phi) is 8.97. The highest BCUT2D eigenvalue weighted by Crippen LogP contribution is 2.47. The Labute approximate surface area is 234 Å². The summed E-state index contributed by atoms with van der Waals surface area (Å²) in [5.41, 5.74) is 4.11. The third kappa shape index (κ3) is 5.99. The average Bonchev–Trinajstić information content (AvgIpc) is 2.87. The van der Waals surface area contributed by atoms with E-state index in [1.807, 2.05) is 84.9 Å². The van der Waals surface area contributed by atoms with E-state index in [1.165, 1.54) is 0 Å². The normalized spacial score (nSPS) is 14.7. The molecule has 172 valence electrons. The highest BCUT2D eigenvalue weighted by molar-refractivity contribution is 9.11. The lowest BCUT2D eigenvalue weighted by molar-refractivity contribution is -0.122. The van der Waals surface area contributed by atoms with Gasteiger partial charge in [-0.15, -0.1) is 0 Å². The molecule has 4 aromatic carbocycles. The Hall–Kier alpha value is -1.53. The fourth-order valence-corrected chi connectivity index (χ4v) is 6.42. The van der Waals surface area contributed by atoms with Crippen LogP contribution in [-0.4, -0.2) is 5.78 Å². The Morgan fingerprint density at radius 3 is 1.12 bits per heavy atom. The molecule has 1 nitrogen and oxygen atoms in total. The number of Topliss-reactive ketones (excluding diaryl/α,β-unsaturated/α-hetero) is 1. The Morgan fingerprint density at radius 1 is 0.471 bits per heavy atom. The lowest BCUT2D eigenvalue weighted by atomic mass is 9.78. The molecule has 0 spiro atoms. The molecule has 0 aliphatic carbocycles. The molecule has 4 atom stereocenters. The van der Waals surface area contributed by atoms with Gasteiger partial charge >= 0.3 is 0 Å². The van der Waals surface area contributed by atoms with E-state index < -0.39 is 0 Å². The predicted molar refractivity (Wildman–Crippen MR) is 155 cm³/mol. The predicted octanol–water partition coefficient (Wildman–Crippen LogP) is 9.92. The number of carbonyl (C=O) groups excluding carboxylic acids is 1. The summed E-state index contributed by atoms with van der Waals surface area (Å²) in [4.78, 5) is 14.2. The Bertz CT molecular complexity index is 1110. The first-order chi connectivity index (χ1) is 16.5. The van der Waals surface area contributed by atoms with E-state index >= 15 is 0 Å². The minimum absolute atomic E-state index is 0.154. The van der Waals surface area contributed by atoms with Crippen LogP contribution in [0.1, 0.15) is 43.7 Å². The summed E-state index contributed by atoms with van der Waals surface area (Å²) in [5, 5.41) is 0. The molecule has 0 radical (unpaired) electrons. The van der Waals surface area contributed by atoms with Crippen LogP contribution in [0, 0.1) is 0 Å². The van der Waals surface area contributed by atoms with Gasteiger partial charge in [0, 0.05) is 8.95 Å². The molecule has 0 bridgehead atoms. The molecular weight excluding hydrogens is 684 g/mol. The van der Waals surface area contributed by atoms with E-state index in [0.717, 1.165) is 31.2 Å². The van der Waals surface area contributed by atoms with Crippen molar-refractivity contribution in [2.75, 3.05) is 0 Å². The monoisotopic (exact) mass is 702 g/mol. The molecule has 0 amide bonds. The van der Waals surface area contributed by atoms with Gasteiger partial charge in [0.05, 0.1) is 21.5 Å². The van der Waals surface area contributed by atoms with Crippen LogP contribution in [0.15, 0.2) is 118 Å². The van der Waals surface area contributed by atoms with Crippen LogP contribution in [0.3, 0.4) is 0 Å². The smallest absolute Gasteiger partial charge is 0.150 e. The molecule has 4 aromatic rings. The largest absolute Gasteiger partial charge is 0.298 e. The van der Waals surface area contributed by atoms with Crippen LogP contribution in [0.25, 0.3) is 0 Å². The van der Waals surface area contributed by atoms with Gasteiger partial charge in [0.15, 0.2) is 5.78 Å². The lowest BCUT2D eigenvalue weighted by Crippen LogP contribution is -2.26. The molecule has 34 heavy (non-hydrogen) atoms. The number of benzene rings is 4. The van der Waals surface area contributed by atoms with Crippen molar-refractivity contribution in [3.63, 3.8) is 0 Å². The van der Waals surface area contributed by atoms with Crippen LogP contribution in [0.5, 0.6) is 0 Å². The third-order valence-electron chi connectivity index (χ3n) is 5.89. The number of hydrogen-bond donors (Lipinski definition) is 0. The van der Waals surface area contributed by atoms with E-state index in [4.69, 9.17) is 0 Å². The number of carbonyl (C=O) groups is 1. The van der Waals surface area contributed by atoms with Gasteiger partial charge in [0.1, 0.15) is 0 Å². The zero-order chi connectivity index (χ0) is 24.1.